The summed E-state index contributed by atoms with van der Waals surface area (Å²) in [4.78, 5) is 29.8. The van der Waals surface area contributed by atoms with Crippen LogP contribution >= 0.6 is 0 Å². The number of carbonyl (C=O) groups is 2. The van der Waals surface area contributed by atoms with Crippen LogP contribution in [0.5, 0.6) is 23.0 Å². The Morgan fingerprint density at radius 2 is 2.00 bits per heavy atom. The number of hydrogen-bond donors (Lipinski definition) is 2. The SMILES string of the molecule is CCOc1cc([C@@H](C(=O)NC[C@@H]2CCCO2)N(C(=O)Cn2nnc3ccccc32)c2ccc3c(c2)OCO3)ccc1O. The molecule has 218 valence electrons. The number of phenolic OH excluding ortho intramolecular Hbond substituents is 1. The molecule has 2 amide bonds. The molecular formula is C30H31N5O7. The van der Waals surface area contributed by atoms with Crippen molar-refractivity contribution in [2.75, 3.05) is 31.5 Å². The molecular weight excluding hydrogens is 542 g/mol. The highest BCUT2D eigenvalue weighted by Gasteiger charge is 2.35. The number of phenols is 1. The van der Waals surface area contributed by atoms with Crippen molar-refractivity contribution in [2.24, 2.45) is 0 Å². The Morgan fingerprint density at radius 3 is 2.83 bits per heavy atom. The van der Waals surface area contributed by atoms with Gasteiger partial charge in [-0.25, -0.2) is 4.68 Å². The highest BCUT2D eigenvalue weighted by atomic mass is 16.7. The van der Waals surface area contributed by atoms with E-state index < -0.39 is 17.9 Å². The van der Waals surface area contributed by atoms with Gasteiger partial charge in [-0.15, -0.1) is 5.10 Å². The zero-order chi connectivity index (χ0) is 29.1. The predicted octanol–water partition coefficient (Wildman–Crippen LogP) is 3.33. The number of nitrogens with one attached hydrogen (secondary N) is 1. The van der Waals surface area contributed by atoms with Gasteiger partial charge in [0.05, 0.1) is 18.2 Å². The number of benzene rings is 3. The highest BCUT2D eigenvalue weighted by molar-refractivity contribution is 6.02. The van der Waals surface area contributed by atoms with Crippen molar-refractivity contribution < 1.29 is 33.6 Å². The van der Waals surface area contributed by atoms with E-state index >= 15 is 0 Å². The molecule has 2 atom stereocenters. The second-order valence-corrected chi connectivity index (χ2v) is 9.98. The number of aromatic hydroxyl groups is 1. The summed E-state index contributed by atoms with van der Waals surface area (Å²) in [6, 6.07) is 15.9. The molecule has 3 heterocycles. The summed E-state index contributed by atoms with van der Waals surface area (Å²) in [6.45, 7) is 2.90. The van der Waals surface area contributed by atoms with Crippen molar-refractivity contribution in [1.82, 2.24) is 20.3 Å². The largest absolute Gasteiger partial charge is 0.504 e. The van der Waals surface area contributed by atoms with E-state index in [2.05, 4.69) is 15.6 Å². The molecule has 4 aromatic rings. The van der Waals surface area contributed by atoms with Gasteiger partial charge in [0.15, 0.2) is 23.0 Å². The van der Waals surface area contributed by atoms with Gasteiger partial charge in [-0.2, -0.15) is 0 Å². The minimum absolute atomic E-state index is 0.0542. The van der Waals surface area contributed by atoms with Gasteiger partial charge in [-0.05, 0) is 61.7 Å². The fourth-order valence-corrected chi connectivity index (χ4v) is 5.22. The number of anilines is 1. The van der Waals surface area contributed by atoms with Crippen LogP contribution in [0.25, 0.3) is 11.0 Å². The van der Waals surface area contributed by atoms with Crippen molar-refractivity contribution in [3.05, 3.63) is 66.2 Å². The van der Waals surface area contributed by atoms with Gasteiger partial charge < -0.3 is 29.4 Å². The van der Waals surface area contributed by atoms with Gasteiger partial charge in [-0.3, -0.25) is 14.5 Å². The van der Waals surface area contributed by atoms with E-state index in [1.165, 1.54) is 15.6 Å². The second-order valence-electron chi connectivity index (χ2n) is 9.98. The van der Waals surface area contributed by atoms with Crippen molar-refractivity contribution in [3.8, 4) is 23.0 Å². The number of fused-ring (bicyclic) bond motifs is 2. The molecule has 42 heavy (non-hydrogen) atoms. The molecule has 0 bridgehead atoms. The molecule has 0 spiro atoms. The molecule has 0 radical (unpaired) electrons. The van der Waals surface area contributed by atoms with Gasteiger partial charge in [0.2, 0.25) is 18.6 Å². The van der Waals surface area contributed by atoms with Crippen molar-refractivity contribution in [3.63, 3.8) is 0 Å². The zero-order valence-corrected chi connectivity index (χ0v) is 23.1. The summed E-state index contributed by atoms with van der Waals surface area (Å²) < 4.78 is 23.9. The molecule has 3 aromatic carbocycles. The molecule has 0 saturated carbocycles. The minimum atomic E-state index is -1.14. The van der Waals surface area contributed by atoms with E-state index in [0.29, 0.717) is 53.5 Å². The van der Waals surface area contributed by atoms with Crippen LogP contribution in [0.15, 0.2) is 60.7 Å². The van der Waals surface area contributed by atoms with E-state index in [4.69, 9.17) is 18.9 Å². The van der Waals surface area contributed by atoms with E-state index in [0.717, 1.165) is 12.8 Å². The zero-order valence-electron chi connectivity index (χ0n) is 23.1. The summed E-state index contributed by atoms with van der Waals surface area (Å²) in [6.07, 6.45) is 1.65. The van der Waals surface area contributed by atoms with Crippen LogP contribution in [0, 0.1) is 0 Å². The first-order chi connectivity index (χ1) is 20.5. The molecule has 1 saturated heterocycles. The summed E-state index contributed by atoms with van der Waals surface area (Å²) in [5.41, 5.74) is 2.18. The van der Waals surface area contributed by atoms with Crippen LogP contribution in [-0.2, 0) is 20.9 Å². The molecule has 2 aliphatic heterocycles. The minimum Gasteiger partial charge on any atom is -0.504 e. The smallest absolute Gasteiger partial charge is 0.249 e. The number of rotatable bonds is 10. The normalized spacial score (nSPS) is 16.4. The molecule has 6 rings (SSSR count). The number of carbonyl (C=O) groups excluding carboxylic acids is 2. The van der Waals surface area contributed by atoms with Crippen LogP contribution in [-0.4, -0.2) is 64.6 Å². The lowest BCUT2D eigenvalue weighted by Gasteiger charge is -2.32. The lowest BCUT2D eigenvalue weighted by molar-refractivity contribution is -0.127. The van der Waals surface area contributed by atoms with Crippen molar-refractivity contribution in [1.29, 1.82) is 0 Å². The molecule has 12 heteroatoms. The molecule has 0 aliphatic carbocycles. The lowest BCUT2D eigenvalue weighted by Crippen LogP contribution is -2.46. The molecule has 0 unspecified atom stereocenters. The van der Waals surface area contributed by atoms with E-state index in [1.54, 1.807) is 37.3 Å². The third-order valence-corrected chi connectivity index (χ3v) is 7.24. The highest BCUT2D eigenvalue weighted by Crippen LogP contribution is 2.39. The third kappa shape index (κ3) is 5.53. The summed E-state index contributed by atoms with van der Waals surface area (Å²) >= 11 is 0. The monoisotopic (exact) mass is 573 g/mol. The number of aromatic nitrogens is 3. The summed E-state index contributed by atoms with van der Waals surface area (Å²) in [7, 11) is 0. The maximum absolute atomic E-state index is 14.3. The van der Waals surface area contributed by atoms with Gasteiger partial charge >= 0.3 is 0 Å². The predicted molar refractivity (Wildman–Crippen MR) is 152 cm³/mol. The molecule has 1 fully saturated rings. The average Bonchev–Trinajstić information content (AvgIpc) is 3.77. The number of para-hydroxylation sites is 1. The van der Waals surface area contributed by atoms with Crippen molar-refractivity contribution in [2.45, 2.75) is 38.5 Å². The number of hydrogen-bond acceptors (Lipinski definition) is 9. The topological polar surface area (TPSA) is 137 Å². The first-order valence-corrected chi connectivity index (χ1v) is 13.9. The van der Waals surface area contributed by atoms with Gasteiger partial charge in [0.25, 0.3) is 0 Å². The van der Waals surface area contributed by atoms with Crippen LogP contribution in [0.1, 0.15) is 31.4 Å². The molecule has 12 nitrogen and oxygen atoms in total. The Bertz CT molecular complexity index is 1600. The van der Waals surface area contributed by atoms with Crippen LogP contribution < -0.4 is 24.4 Å². The Balaban J connectivity index is 1.43. The van der Waals surface area contributed by atoms with Crippen LogP contribution in [0.2, 0.25) is 0 Å². The standard InChI is InChI=1S/C30H31N5O7/c1-2-39-26-14-19(9-11-24(26)36)29(30(38)31-16-21-6-5-13-40-21)35(20-10-12-25-27(15-20)42-18-41-25)28(37)17-34-23-8-4-3-7-22(23)32-33-34/h3-4,7-12,14-15,21,29,36H,2,5-6,13,16-18H2,1H3,(H,31,38)/t21-,29-/m0/s1. The fourth-order valence-electron chi connectivity index (χ4n) is 5.22. The first-order valence-electron chi connectivity index (χ1n) is 13.9. The average molecular weight is 574 g/mol. The molecule has 2 N–H and O–H groups in total. The Labute approximate surface area is 241 Å². The Kier molecular flexibility index (Phi) is 7.78. The van der Waals surface area contributed by atoms with Crippen molar-refractivity contribution >= 4 is 28.5 Å². The van der Waals surface area contributed by atoms with E-state index in [1.807, 2.05) is 24.3 Å². The quantitative estimate of drug-likeness (QED) is 0.293. The van der Waals surface area contributed by atoms with Gasteiger partial charge in [-0.1, -0.05) is 23.4 Å². The van der Waals surface area contributed by atoms with Crippen LogP contribution in [0.3, 0.4) is 0 Å². The number of nitrogens with zero attached hydrogens (tertiary/aromatic N) is 4. The molecule has 1 aromatic heterocycles. The summed E-state index contributed by atoms with van der Waals surface area (Å²) in [5, 5.41) is 21.7. The fraction of sp³-hybridized carbons (Fsp3) is 0.333. The Hall–Kier alpha value is -4.84. The maximum atomic E-state index is 14.3. The lowest BCUT2D eigenvalue weighted by atomic mass is 10.0. The second kappa shape index (κ2) is 12.0. The number of ether oxygens (including phenoxy) is 4. The summed E-state index contributed by atoms with van der Waals surface area (Å²) in [5.74, 6) is 0.272. The maximum Gasteiger partial charge on any atom is 0.249 e. The third-order valence-electron chi connectivity index (χ3n) is 7.24. The van der Waals surface area contributed by atoms with Crippen LogP contribution in [0.4, 0.5) is 5.69 Å². The number of amides is 2. The Morgan fingerprint density at radius 1 is 1.14 bits per heavy atom. The van der Waals surface area contributed by atoms with E-state index in [-0.39, 0.29) is 30.9 Å². The molecule has 2 aliphatic rings. The first kappa shape index (κ1) is 27.3. The van der Waals surface area contributed by atoms with Gasteiger partial charge in [0, 0.05) is 24.9 Å². The van der Waals surface area contributed by atoms with E-state index in [9.17, 15) is 14.7 Å². The van der Waals surface area contributed by atoms with Gasteiger partial charge in [0.1, 0.15) is 18.1 Å².